The van der Waals surface area contributed by atoms with E-state index in [0.29, 0.717) is 12.6 Å². The van der Waals surface area contributed by atoms with Crippen LogP contribution < -0.4 is 5.32 Å². The predicted octanol–water partition coefficient (Wildman–Crippen LogP) is 3.12. The van der Waals surface area contributed by atoms with Gasteiger partial charge in [-0.15, -0.1) is 0 Å². The first-order valence-electron chi connectivity index (χ1n) is 7.38. The van der Waals surface area contributed by atoms with Crippen molar-refractivity contribution in [2.45, 2.75) is 38.8 Å². The van der Waals surface area contributed by atoms with Gasteiger partial charge in [0.05, 0.1) is 6.61 Å². The van der Waals surface area contributed by atoms with Gasteiger partial charge in [-0.25, -0.2) is 0 Å². The summed E-state index contributed by atoms with van der Waals surface area (Å²) < 4.78 is 5.18. The predicted molar refractivity (Wildman–Crippen MR) is 80.5 cm³/mol. The quantitative estimate of drug-likeness (QED) is 0.852. The SMILES string of the molecule is CCCN1CCC(Nc2cccc(COC)c2)CC1. The third-order valence-corrected chi connectivity index (χ3v) is 3.74. The first kappa shape index (κ1) is 14.4. The summed E-state index contributed by atoms with van der Waals surface area (Å²) in [6.45, 7) is 6.64. The molecule has 0 bridgehead atoms. The highest BCUT2D eigenvalue weighted by Gasteiger charge is 2.18. The van der Waals surface area contributed by atoms with Crippen LogP contribution >= 0.6 is 0 Å². The Morgan fingerprint density at radius 1 is 1.32 bits per heavy atom. The van der Waals surface area contributed by atoms with Crippen LogP contribution in [0.3, 0.4) is 0 Å². The van der Waals surface area contributed by atoms with Gasteiger partial charge in [0.15, 0.2) is 0 Å². The zero-order chi connectivity index (χ0) is 13.5. The Bertz CT molecular complexity index is 373. The number of methoxy groups -OCH3 is 1. The summed E-state index contributed by atoms with van der Waals surface area (Å²) in [5.41, 5.74) is 2.46. The van der Waals surface area contributed by atoms with Crippen molar-refractivity contribution < 1.29 is 4.74 Å². The molecule has 0 radical (unpaired) electrons. The maximum Gasteiger partial charge on any atom is 0.0713 e. The molecule has 0 aliphatic carbocycles. The summed E-state index contributed by atoms with van der Waals surface area (Å²) in [4.78, 5) is 2.57. The molecular weight excluding hydrogens is 236 g/mol. The van der Waals surface area contributed by atoms with E-state index in [9.17, 15) is 0 Å². The smallest absolute Gasteiger partial charge is 0.0713 e. The Hall–Kier alpha value is -1.06. The van der Waals surface area contributed by atoms with Gasteiger partial charge in [0.1, 0.15) is 0 Å². The number of anilines is 1. The average molecular weight is 262 g/mol. The van der Waals surface area contributed by atoms with Gasteiger partial charge < -0.3 is 15.0 Å². The monoisotopic (exact) mass is 262 g/mol. The molecule has 1 N–H and O–H groups in total. The fourth-order valence-corrected chi connectivity index (χ4v) is 2.77. The van der Waals surface area contributed by atoms with Crippen LogP contribution in [-0.2, 0) is 11.3 Å². The number of likely N-dealkylation sites (tertiary alicyclic amines) is 1. The minimum absolute atomic E-state index is 0.617. The zero-order valence-corrected chi connectivity index (χ0v) is 12.2. The fourth-order valence-electron chi connectivity index (χ4n) is 2.77. The van der Waals surface area contributed by atoms with Crippen molar-refractivity contribution >= 4 is 5.69 Å². The second-order valence-corrected chi connectivity index (χ2v) is 5.39. The van der Waals surface area contributed by atoms with E-state index in [1.807, 2.05) is 0 Å². The molecule has 0 saturated carbocycles. The lowest BCUT2D eigenvalue weighted by Crippen LogP contribution is -2.39. The van der Waals surface area contributed by atoms with Crippen molar-refractivity contribution in [1.29, 1.82) is 0 Å². The summed E-state index contributed by atoms with van der Waals surface area (Å²) >= 11 is 0. The molecule has 0 aromatic heterocycles. The number of nitrogens with zero attached hydrogens (tertiary/aromatic N) is 1. The summed E-state index contributed by atoms with van der Waals surface area (Å²) in [5, 5.41) is 3.66. The first-order valence-corrected chi connectivity index (χ1v) is 7.38. The lowest BCUT2D eigenvalue weighted by atomic mass is 10.0. The molecule has 0 atom stereocenters. The largest absolute Gasteiger partial charge is 0.382 e. The van der Waals surface area contributed by atoms with Crippen molar-refractivity contribution in [2.24, 2.45) is 0 Å². The van der Waals surface area contributed by atoms with Crippen LogP contribution in [-0.4, -0.2) is 37.7 Å². The van der Waals surface area contributed by atoms with Crippen molar-refractivity contribution in [3.05, 3.63) is 29.8 Å². The van der Waals surface area contributed by atoms with Gasteiger partial charge in [-0.05, 0) is 43.5 Å². The number of piperidine rings is 1. The first-order chi connectivity index (χ1) is 9.31. The van der Waals surface area contributed by atoms with Crippen LogP contribution in [0.5, 0.6) is 0 Å². The molecule has 19 heavy (non-hydrogen) atoms. The Balaban J connectivity index is 1.83. The standard InChI is InChI=1S/C16H26N2O/c1-3-9-18-10-7-15(8-11-18)17-16-6-4-5-14(12-16)13-19-2/h4-6,12,15,17H,3,7-11,13H2,1-2H3. The van der Waals surface area contributed by atoms with E-state index in [1.165, 1.54) is 50.1 Å². The molecular formula is C16H26N2O. The van der Waals surface area contributed by atoms with E-state index >= 15 is 0 Å². The minimum atomic E-state index is 0.617. The summed E-state index contributed by atoms with van der Waals surface area (Å²) in [6.07, 6.45) is 3.75. The maximum atomic E-state index is 5.18. The summed E-state index contributed by atoms with van der Waals surface area (Å²) in [7, 11) is 1.74. The van der Waals surface area contributed by atoms with E-state index < -0.39 is 0 Å². The van der Waals surface area contributed by atoms with Crippen LogP contribution in [0.15, 0.2) is 24.3 Å². The van der Waals surface area contributed by atoms with E-state index in [0.717, 1.165) is 0 Å². The molecule has 0 amide bonds. The van der Waals surface area contributed by atoms with E-state index in [-0.39, 0.29) is 0 Å². The number of rotatable bonds is 6. The molecule has 1 fully saturated rings. The van der Waals surface area contributed by atoms with Gasteiger partial charge in [-0.2, -0.15) is 0 Å². The molecule has 0 unspecified atom stereocenters. The van der Waals surface area contributed by atoms with Gasteiger partial charge >= 0.3 is 0 Å². The molecule has 106 valence electrons. The average Bonchev–Trinajstić information content (AvgIpc) is 2.42. The fraction of sp³-hybridized carbons (Fsp3) is 0.625. The Morgan fingerprint density at radius 3 is 2.79 bits per heavy atom. The Kier molecular flexibility index (Phi) is 5.67. The number of hydrogen-bond donors (Lipinski definition) is 1. The van der Waals surface area contributed by atoms with Crippen LogP contribution in [0, 0.1) is 0 Å². The zero-order valence-electron chi connectivity index (χ0n) is 12.2. The third-order valence-electron chi connectivity index (χ3n) is 3.74. The number of hydrogen-bond acceptors (Lipinski definition) is 3. The molecule has 3 nitrogen and oxygen atoms in total. The Morgan fingerprint density at radius 2 is 2.11 bits per heavy atom. The molecule has 1 aliphatic heterocycles. The highest BCUT2D eigenvalue weighted by molar-refractivity contribution is 5.46. The summed E-state index contributed by atoms with van der Waals surface area (Å²) in [6, 6.07) is 9.17. The van der Waals surface area contributed by atoms with Crippen LogP contribution in [0.2, 0.25) is 0 Å². The molecule has 1 heterocycles. The summed E-state index contributed by atoms with van der Waals surface area (Å²) in [5.74, 6) is 0. The normalized spacial score (nSPS) is 17.6. The molecule has 1 aromatic carbocycles. The van der Waals surface area contributed by atoms with Gasteiger partial charge in [0.2, 0.25) is 0 Å². The van der Waals surface area contributed by atoms with Crippen molar-refractivity contribution in [1.82, 2.24) is 4.90 Å². The van der Waals surface area contributed by atoms with E-state index in [1.54, 1.807) is 7.11 Å². The number of benzene rings is 1. The second kappa shape index (κ2) is 7.51. The molecule has 1 saturated heterocycles. The van der Waals surface area contributed by atoms with Crippen molar-refractivity contribution in [3.63, 3.8) is 0 Å². The minimum Gasteiger partial charge on any atom is -0.382 e. The molecule has 1 aliphatic rings. The highest BCUT2D eigenvalue weighted by Crippen LogP contribution is 2.18. The molecule has 3 heteroatoms. The van der Waals surface area contributed by atoms with Crippen molar-refractivity contribution in [2.75, 3.05) is 32.1 Å². The lowest BCUT2D eigenvalue weighted by molar-refractivity contribution is 0.185. The topological polar surface area (TPSA) is 24.5 Å². The number of ether oxygens (including phenoxy) is 1. The maximum absolute atomic E-state index is 5.18. The van der Waals surface area contributed by atoms with E-state index in [2.05, 4.69) is 41.4 Å². The van der Waals surface area contributed by atoms with Gasteiger partial charge in [-0.3, -0.25) is 0 Å². The second-order valence-electron chi connectivity index (χ2n) is 5.39. The molecule has 2 rings (SSSR count). The lowest BCUT2D eigenvalue weighted by Gasteiger charge is -2.32. The number of nitrogens with one attached hydrogen (secondary N) is 1. The molecule has 1 aromatic rings. The van der Waals surface area contributed by atoms with E-state index in [4.69, 9.17) is 4.74 Å². The highest BCUT2D eigenvalue weighted by atomic mass is 16.5. The van der Waals surface area contributed by atoms with Gasteiger partial charge in [0.25, 0.3) is 0 Å². The van der Waals surface area contributed by atoms with Crippen LogP contribution in [0.25, 0.3) is 0 Å². The third kappa shape index (κ3) is 4.51. The van der Waals surface area contributed by atoms with Gasteiger partial charge in [-0.1, -0.05) is 19.1 Å². The van der Waals surface area contributed by atoms with Crippen LogP contribution in [0.1, 0.15) is 31.7 Å². The van der Waals surface area contributed by atoms with Crippen molar-refractivity contribution in [3.8, 4) is 0 Å². The Labute approximate surface area is 116 Å². The molecule has 0 spiro atoms. The van der Waals surface area contributed by atoms with Gasteiger partial charge in [0, 0.05) is 31.9 Å². The van der Waals surface area contributed by atoms with Crippen LogP contribution in [0.4, 0.5) is 5.69 Å².